The van der Waals surface area contributed by atoms with Gasteiger partial charge < -0.3 is 15.7 Å². The number of nitrogens with two attached hydrogens (primary N) is 1. The molecule has 3 fully saturated rings. The van der Waals surface area contributed by atoms with Crippen molar-refractivity contribution < 1.29 is 18.3 Å². The number of rotatable bonds is 5. The van der Waals surface area contributed by atoms with E-state index in [4.69, 9.17) is 5.73 Å². The lowest BCUT2D eigenvalue weighted by molar-refractivity contribution is 0.00442. The van der Waals surface area contributed by atoms with Gasteiger partial charge in [-0.05, 0) is 44.9 Å². The molecule has 0 spiro atoms. The summed E-state index contributed by atoms with van der Waals surface area (Å²) in [7, 11) is 0. The second-order valence-electron chi connectivity index (χ2n) is 9.92. The molecule has 3 aliphatic rings. The highest BCUT2D eigenvalue weighted by Crippen LogP contribution is 2.44. The van der Waals surface area contributed by atoms with E-state index in [0.717, 1.165) is 12.8 Å². The molecule has 5 rings (SSSR count). The third-order valence-corrected chi connectivity index (χ3v) is 7.84. The number of halogens is 3. The van der Waals surface area contributed by atoms with Gasteiger partial charge in [-0.15, -0.1) is 0 Å². The maximum Gasteiger partial charge on any atom is 0.329 e. The zero-order valence-electron chi connectivity index (χ0n) is 18.5. The number of nitrogens with one attached hydrogen (secondary N) is 1. The molecule has 1 saturated heterocycles. The van der Waals surface area contributed by atoms with E-state index in [2.05, 4.69) is 4.98 Å². The number of aromatic amines is 1. The molecule has 0 bridgehead atoms. The summed E-state index contributed by atoms with van der Waals surface area (Å²) in [6.45, 7) is 2.27. The SMILES string of the molecule is Cc1c(N2CCC(C(N)C3(O)CCCC3)C2)c(F)c(C(F)F)c2c(=O)[nH]c(=O)n(C3CC3)c12. The second-order valence-corrected chi connectivity index (χ2v) is 9.92. The Morgan fingerprint density at radius 3 is 2.45 bits per heavy atom. The first-order chi connectivity index (χ1) is 15.6. The van der Waals surface area contributed by atoms with Crippen molar-refractivity contribution in [3.05, 3.63) is 37.8 Å². The maximum atomic E-state index is 15.7. The van der Waals surface area contributed by atoms with E-state index < -0.39 is 46.1 Å². The van der Waals surface area contributed by atoms with Gasteiger partial charge in [0.2, 0.25) is 0 Å². The van der Waals surface area contributed by atoms with Gasteiger partial charge in [0.15, 0.2) is 5.82 Å². The van der Waals surface area contributed by atoms with E-state index in [1.165, 1.54) is 4.57 Å². The molecule has 7 nitrogen and oxygen atoms in total. The number of anilines is 1. The number of hydrogen-bond acceptors (Lipinski definition) is 5. The Morgan fingerprint density at radius 1 is 1.18 bits per heavy atom. The first kappa shape index (κ1) is 22.5. The van der Waals surface area contributed by atoms with Crippen LogP contribution >= 0.6 is 0 Å². The Labute approximate surface area is 188 Å². The van der Waals surface area contributed by atoms with Crippen molar-refractivity contribution in [2.75, 3.05) is 18.0 Å². The van der Waals surface area contributed by atoms with Crippen molar-refractivity contribution in [2.45, 2.75) is 76.0 Å². The predicted molar refractivity (Wildman–Crippen MR) is 118 cm³/mol. The fourth-order valence-corrected chi connectivity index (χ4v) is 5.99. The minimum atomic E-state index is -3.22. The van der Waals surface area contributed by atoms with Gasteiger partial charge in [0.1, 0.15) is 0 Å². The molecular weight excluding hydrogens is 437 g/mol. The molecule has 2 saturated carbocycles. The molecule has 1 aromatic carbocycles. The van der Waals surface area contributed by atoms with Crippen LogP contribution in [0.25, 0.3) is 10.9 Å². The smallest absolute Gasteiger partial charge is 0.329 e. The van der Waals surface area contributed by atoms with Gasteiger partial charge >= 0.3 is 5.69 Å². The number of nitrogens with zero attached hydrogens (tertiary/aromatic N) is 2. The van der Waals surface area contributed by atoms with Gasteiger partial charge in [0.25, 0.3) is 12.0 Å². The minimum absolute atomic E-state index is 0.00897. The van der Waals surface area contributed by atoms with Crippen molar-refractivity contribution in [2.24, 2.45) is 11.7 Å². The van der Waals surface area contributed by atoms with Gasteiger partial charge in [-0.2, -0.15) is 0 Å². The molecule has 2 aliphatic carbocycles. The maximum absolute atomic E-state index is 15.7. The number of aliphatic hydroxyl groups is 1. The second kappa shape index (κ2) is 7.87. The van der Waals surface area contributed by atoms with Crippen molar-refractivity contribution >= 4 is 16.6 Å². The fourth-order valence-electron chi connectivity index (χ4n) is 5.99. The fraction of sp³-hybridized carbons (Fsp3) is 0.652. The Morgan fingerprint density at radius 2 is 1.85 bits per heavy atom. The Kier molecular flexibility index (Phi) is 5.36. The molecule has 2 atom stereocenters. The van der Waals surface area contributed by atoms with Crippen LogP contribution in [0.3, 0.4) is 0 Å². The number of aryl methyl sites for hydroxylation is 1. The zero-order valence-corrected chi connectivity index (χ0v) is 18.5. The van der Waals surface area contributed by atoms with Crippen molar-refractivity contribution in [1.29, 1.82) is 0 Å². The van der Waals surface area contributed by atoms with Crippen molar-refractivity contribution in [3.63, 3.8) is 0 Å². The molecule has 2 heterocycles. The van der Waals surface area contributed by atoms with Crippen LogP contribution < -0.4 is 21.9 Å². The van der Waals surface area contributed by atoms with Crippen LogP contribution in [0.4, 0.5) is 18.9 Å². The number of hydrogen-bond donors (Lipinski definition) is 3. The molecule has 2 unspecified atom stereocenters. The Bertz CT molecular complexity index is 1210. The summed E-state index contributed by atoms with van der Waals surface area (Å²) in [5.74, 6) is -1.25. The van der Waals surface area contributed by atoms with Crippen LogP contribution in [0, 0.1) is 18.7 Å². The summed E-state index contributed by atoms with van der Waals surface area (Å²) >= 11 is 0. The van der Waals surface area contributed by atoms with E-state index in [1.807, 2.05) is 0 Å². The van der Waals surface area contributed by atoms with Crippen LogP contribution in [0.5, 0.6) is 0 Å². The first-order valence-corrected chi connectivity index (χ1v) is 11.7. The van der Waals surface area contributed by atoms with Crippen molar-refractivity contribution in [3.8, 4) is 0 Å². The lowest BCUT2D eigenvalue weighted by Crippen LogP contribution is -2.51. The van der Waals surface area contributed by atoms with E-state index in [0.29, 0.717) is 50.8 Å². The number of fused-ring (bicyclic) bond motifs is 1. The van der Waals surface area contributed by atoms with E-state index in [9.17, 15) is 23.5 Å². The molecule has 1 aromatic heterocycles. The average Bonchev–Trinajstić information content (AvgIpc) is 3.29. The molecule has 180 valence electrons. The summed E-state index contributed by atoms with van der Waals surface area (Å²) in [6, 6.07) is -0.688. The highest BCUT2D eigenvalue weighted by Gasteiger charge is 2.44. The standard InChI is InChI=1S/C23H29F3N4O3/c1-11-17-15(21(31)28-22(32)30(17)13-4-5-13)14(20(25)26)16(24)18(11)29-9-6-12(10-29)19(27)23(33)7-2-3-8-23/h12-13,19-20,33H,2-10,27H2,1H3,(H,28,31,32). The number of benzene rings is 1. The van der Waals surface area contributed by atoms with Gasteiger partial charge in [-0.1, -0.05) is 12.8 Å². The minimum Gasteiger partial charge on any atom is -0.388 e. The highest BCUT2D eigenvalue weighted by atomic mass is 19.3. The largest absolute Gasteiger partial charge is 0.388 e. The lowest BCUT2D eigenvalue weighted by Gasteiger charge is -2.34. The highest BCUT2D eigenvalue weighted by molar-refractivity contribution is 5.90. The van der Waals surface area contributed by atoms with Crippen LogP contribution in [-0.2, 0) is 0 Å². The van der Waals surface area contributed by atoms with Crippen LogP contribution in [0.2, 0.25) is 0 Å². The van der Waals surface area contributed by atoms with Gasteiger partial charge in [0, 0.05) is 30.7 Å². The molecular formula is C23H29F3N4O3. The summed E-state index contributed by atoms with van der Waals surface area (Å²) in [5.41, 5.74) is 3.22. The van der Waals surface area contributed by atoms with Crippen LogP contribution in [0.15, 0.2) is 9.59 Å². The van der Waals surface area contributed by atoms with E-state index in [-0.39, 0.29) is 23.2 Å². The predicted octanol–water partition coefficient (Wildman–Crippen LogP) is 2.87. The summed E-state index contributed by atoms with van der Waals surface area (Å²) < 4.78 is 45.2. The van der Waals surface area contributed by atoms with Gasteiger partial charge in [-0.3, -0.25) is 14.3 Å². The molecule has 0 amide bonds. The third-order valence-electron chi connectivity index (χ3n) is 7.84. The third kappa shape index (κ3) is 3.49. The Balaban J connectivity index is 1.64. The quantitative estimate of drug-likeness (QED) is 0.629. The average molecular weight is 467 g/mol. The van der Waals surface area contributed by atoms with E-state index >= 15 is 4.39 Å². The summed E-state index contributed by atoms with van der Waals surface area (Å²) in [4.78, 5) is 28.9. The summed E-state index contributed by atoms with van der Waals surface area (Å²) in [5, 5.41) is 10.5. The number of alkyl halides is 2. The molecule has 0 radical (unpaired) electrons. The van der Waals surface area contributed by atoms with Gasteiger partial charge in [0.05, 0.1) is 27.8 Å². The molecule has 4 N–H and O–H groups in total. The monoisotopic (exact) mass is 466 g/mol. The molecule has 1 aliphatic heterocycles. The lowest BCUT2D eigenvalue weighted by atomic mass is 9.83. The topological polar surface area (TPSA) is 104 Å². The normalized spacial score (nSPS) is 23.7. The molecule has 2 aromatic rings. The Hall–Kier alpha value is -2.33. The van der Waals surface area contributed by atoms with Gasteiger partial charge in [-0.25, -0.2) is 18.0 Å². The van der Waals surface area contributed by atoms with E-state index in [1.54, 1.807) is 11.8 Å². The van der Waals surface area contributed by atoms with Crippen LogP contribution in [-0.4, -0.2) is 39.4 Å². The number of aromatic nitrogens is 2. The molecule has 33 heavy (non-hydrogen) atoms. The molecule has 10 heteroatoms. The number of H-pyrrole nitrogens is 1. The first-order valence-electron chi connectivity index (χ1n) is 11.7. The van der Waals surface area contributed by atoms with Crippen molar-refractivity contribution in [1.82, 2.24) is 9.55 Å². The van der Waals surface area contributed by atoms with Crippen LogP contribution in [0.1, 0.15) is 68.5 Å². The zero-order chi connectivity index (χ0) is 23.7. The summed E-state index contributed by atoms with van der Waals surface area (Å²) in [6.07, 6.45) is 1.81.